The van der Waals surface area contributed by atoms with Crippen molar-refractivity contribution in [2.45, 2.75) is 32.7 Å². The maximum atomic E-state index is 12.7. The van der Waals surface area contributed by atoms with Gasteiger partial charge in [-0.1, -0.05) is 36.9 Å². The molecular formula is C20H23N3O. The molecule has 1 amide bonds. The molecule has 4 heteroatoms. The van der Waals surface area contributed by atoms with Crippen molar-refractivity contribution in [2.24, 2.45) is 10.9 Å². The van der Waals surface area contributed by atoms with Gasteiger partial charge >= 0.3 is 0 Å². The fourth-order valence-corrected chi connectivity index (χ4v) is 2.75. The number of nitrogens with zero attached hydrogens (tertiary/aromatic N) is 1. The third kappa shape index (κ3) is 3.48. The first kappa shape index (κ1) is 16.2. The van der Waals surface area contributed by atoms with Crippen LogP contribution in [0.3, 0.4) is 0 Å². The van der Waals surface area contributed by atoms with E-state index in [9.17, 15) is 4.79 Å². The summed E-state index contributed by atoms with van der Waals surface area (Å²) in [5.74, 6) is 0.379. The molecule has 0 spiro atoms. The normalized spacial score (nSPS) is 15.8. The van der Waals surface area contributed by atoms with Gasteiger partial charge in [0.25, 0.3) is 5.91 Å². The molecule has 0 aliphatic heterocycles. The Morgan fingerprint density at radius 2 is 2.08 bits per heavy atom. The summed E-state index contributed by atoms with van der Waals surface area (Å²) < 4.78 is 0. The van der Waals surface area contributed by atoms with Gasteiger partial charge in [-0.25, -0.2) is 0 Å². The molecular weight excluding hydrogens is 298 g/mol. The fraction of sp³-hybridized carbons (Fsp3) is 0.300. The van der Waals surface area contributed by atoms with E-state index in [1.807, 2.05) is 44.2 Å². The molecule has 1 atom stereocenters. The van der Waals surface area contributed by atoms with Crippen LogP contribution in [0, 0.1) is 12.8 Å². The molecule has 1 aliphatic carbocycles. The number of hydrogen-bond acceptors (Lipinski definition) is 2. The minimum atomic E-state index is -0.117. The van der Waals surface area contributed by atoms with Crippen molar-refractivity contribution in [1.29, 1.82) is 0 Å². The summed E-state index contributed by atoms with van der Waals surface area (Å²) in [5.41, 5.74) is 4.24. The zero-order valence-electron chi connectivity index (χ0n) is 14.2. The van der Waals surface area contributed by atoms with Crippen molar-refractivity contribution in [2.75, 3.05) is 0 Å². The molecule has 3 rings (SSSR count). The summed E-state index contributed by atoms with van der Waals surface area (Å²) in [6.07, 6.45) is 5.84. The summed E-state index contributed by atoms with van der Waals surface area (Å²) in [4.78, 5) is 20.5. The number of hydrogen-bond donors (Lipinski definition) is 2. The van der Waals surface area contributed by atoms with E-state index in [0.29, 0.717) is 11.5 Å². The summed E-state index contributed by atoms with van der Waals surface area (Å²) in [7, 11) is 0. The van der Waals surface area contributed by atoms with Crippen LogP contribution in [-0.4, -0.2) is 16.6 Å². The highest BCUT2D eigenvalue weighted by molar-refractivity contribution is 6.04. The maximum absolute atomic E-state index is 12.7. The van der Waals surface area contributed by atoms with E-state index >= 15 is 0 Å². The Balaban J connectivity index is 1.82. The molecule has 4 nitrogen and oxygen atoms in total. The van der Waals surface area contributed by atoms with Gasteiger partial charge in [0.2, 0.25) is 0 Å². The first-order chi connectivity index (χ1) is 11.6. The summed E-state index contributed by atoms with van der Waals surface area (Å²) in [6, 6.07) is 9.87. The lowest BCUT2D eigenvalue weighted by Crippen LogP contribution is -2.26. The molecule has 0 bridgehead atoms. The molecule has 0 saturated heterocycles. The molecule has 1 aromatic heterocycles. The Labute approximate surface area is 142 Å². The van der Waals surface area contributed by atoms with Crippen LogP contribution in [0.5, 0.6) is 0 Å². The standard InChI is InChI=1S/C20H23N3O/c1-4-18(16-10-11-16)23-19-14(3)21-12-17(19)20(24)22-13(2)15-8-6-5-7-9-15/h4-9,12-13,16,21H,1,10-11H2,2-3H3,(H,22,24)/t13-/m0/s1. The Morgan fingerprint density at radius 1 is 1.38 bits per heavy atom. The smallest absolute Gasteiger partial charge is 0.255 e. The maximum Gasteiger partial charge on any atom is 0.255 e. The Morgan fingerprint density at radius 3 is 2.71 bits per heavy atom. The van der Waals surface area contributed by atoms with E-state index in [-0.39, 0.29) is 11.9 Å². The number of H-pyrrole nitrogens is 1. The number of rotatable bonds is 6. The lowest BCUT2D eigenvalue weighted by Gasteiger charge is -2.14. The second-order valence-corrected chi connectivity index (χ2v) is 6.30. The molecule has 1 aliphatic rings. The molecule has 124 valence electrons. The van der Waals surface area contributed by atoms with Crippen LogP contribution in [-0.2, 0) is 0 Å². The third-order valence-electron chi connectivity index (χ3n) is 4.38. The highest BCUT2D eigenvalue weighted by Gasteiger charge is 2.27. The zero-order chi connectivity index (χ0) is 17.1. The number of carbonyl (C=O) groups is 1. The fourth-order valence-electron chi connectivity index (χ4n) is 2.75. The number of allylic oxidation sites excluding steroid dienone is 1. The van der Waals surface area contributed by atoms with E-state index in [4.69, 9.17) is 4.99 Å². The van der Waals surface area contributed by atoms with Gasteiger partial charge in [0.05, 0.1) is 17.3 Å². The van der Waals surface area contributed by atoms with Gasteiger partial charge in [0, 0.05) is 23.5 Å². The molecule has 24 heavy (non-hydrogen) atoms. The Kier molecular flexibility index (Phi) is 4.65. The molecule has 1 heterocycles. The van der Waals surface area contributed by atoms with Crippen LogP contribution in [0.1, 0.15) is 47.4 Å². The van der Waals surface area contributed by atoms with Crippen molar-refractivity contribution in [3.8, 4) is 0 Å². The minimum absolute atomic E-state index is 0.0620. The lowest BCUT2D eigenvalue weighted by atomic mass is 10.1. The van der Waals surface area contributed by atoms with Crippen LogP contribution in [0.25, 0.3) is 0 Å². The topological polar surface area (TPSA) is 57.2 Å². The number of benzene rings is 1. The van der Waals surface area contributed by atoms with Crippen molar-refractivity contribution >= 4 is 17.3 Å². The number of nitrogens with one attached hydrogen (secondary N) is 2. The van der Waals surface area contributed by atoms with Crippen molar-refractivity contribution in [3.05, 3.63) is 66.0 Å². The second-order valence-electron chi connectivity index (χ2n) is 6.30. The van der Waals surface area contributed by atoms with E-state index < -0.39 is 0 Å². The zero-order valence-corrected chi connectivity index (χ0v) is 14.2. The number of amides is 1. The number of aryl methyl sites for hydroxylation is 1. The number of aromatic amines is 1. The molecule has 0 radical (unpaired) electrons. The monoisotopic (exact) mass is 321 g/mol. The van der Waals surface area contributed by atoms with Crippen LogP contribution in [0.2, 0.25) is 0 Å². The molecule has 2 aromatic rings. The van der Waals surface area contributed by atoms with Crippen LogP contribution in [0.4, 0.5) is 5.69 Å². The van der Waals surface area contributed by atoms with Gasteiger partial charge < -0.3 is 10.3 Å². The Hall–Kier alpha value is -2.62. The quantitative estimate of drug-likeness (QED) is 0.757. The highest BCUT2D eigenvalue weighted by atomic mass is 16.1. The average Bonchev–Trinajstić information content (AvgIpc) is 3.37. The van der Waals surface area contributed by atoms with Gasteiger partial charge in [0.15, 0.2) is 0 Å². The highest BCUT2D eigenvalue weighted by Crippen LogP contribution is 2.34. The largest absolute Gasteiger partial charge is 0.363 e. The first-order valence-electron chi connectivity index (χ1n) is 8.35. The van der Waals surface area contributed by atoms with E-state index in [1.54, 1.807) is 12.3 Å². The van der Waals surface area contributed by atoms with Gasteiger partial charge in [-0.15, -0.1) is 0 Å². The predicted octanol–water partition coefficient (Wildman–Crippen LogP) is 4.48. The van der Waals surface area contributed by atoms with Crippen LogP contribution in [0.15, 0.2) is 54.2 Å². The SMILES string of the molecule is C=CC(=Nc1c(C(=O)N[C@@H](C)c2ccccc2)c[nH]c1C)C1CC1. The first-order valence-corrected chi connectivity index (χ1v) is 8.35. The molecule has 1 aromatic carbocycles. The van der Waals surface area contributed by atoms with Crippen LogP contribution < -0.4 is 5.32 Å². The average molecular weight is 321 g/mol. The van der Waals surface area contributed by atoms with Gasteiger partial charge in [0.1, 0.15) is 0 Å². The van der Waals surface area contributed by atoms with Crippen LogP contribution >= 0.6 is 0 Å². The predicted molar refractivity (Wildman–Crippen MR) is 97.9 cm³/mol. The van der Waals surface area contributed by atoms with Gasteiger partial charge in [-0.05, 0) is 38.3 Å². The number of carbonyl (C=O) groups excluding carboxylic acids is 1. The van der Waals surface area contributed by atoms with Gasteiger partial charge in [-0.2, -0.15) is 0 Å². The van der Waals surface area contributed by atoms with E-state index in [1.165, 1.54) is 0 Å². The summed E-state index contributed by atoms with van der Waals surface area (Å²) >= 11 is 0. The number of aliphatic imine (C=N–C) groups is 1. The Bertz CT molecular complexity index is 769. The minimum Gasteiger partial charge on any atom is -0.363 e. The molecule has 2 N–H and O–H groups in total. The van der Waals surface area contributed by atoms with E-state index in [0.717, 1.165) is 35.5 Å². The number of aromatic nitrogens is 1. The van der Waals surface area contributed by atoms with Crippen molar-refractivity contribution < 1.29 is 4.79 Å². The second kappa shape index (κ2) is 6.87. The van der Waals surface area contributed by atoms with Crippen molar-refractivity contribution in [3.63, 3.8) is 0 Å². The summed E-state index contributed by atoms with van der Waals surface area (Å²) in [5, 5.41) is 3.05. The van der Waals surface area contributed by atoms with E-state index in [2.05, 4.69) is 16.9 Å². The lowest BCUT2D eigenvalue weighted by molar-refractivity contribution is 0.0940. The molecule has 1 fully saturated rings. The van der Waals surface area contributed by atoms with Gasteiger partial charge in [-0.3, -0.25) is 9.79 Å². The molecule has 1 saturated carbocycles. The summed E-state index contributed by atoms with van der Waals surface area (Å²) in [6.45, 7) is 7.77. The third-order valence-corrected chi connectivity index (χ3v) is 4.38. The van der Waals surface area contributed by atoms with Crippen molar-refractivity contribution in [1.82, 2.24) is 10.3 Å². The molecule has 0 unspecified atom stereocenters.